The van der Waals surface area contributed by atoms with E-state index in [9.17, 15) is 13.6 Å². The first-order chi connectivity index (χ1) is 9.13. The van der Waals surface area contributed by atoms with Gasteiger partial charge >= 0.3 is 0 Å². The Labute approximate surface area is 113 Å². The SMILES string of the molecule is O=C(Cc1cc(F)cc(F)c1)CC1CCCCCC1. The van der Waals surface area contributed by atoms with E-state index >= 15 is 0 Å². The number of hydrogen-bond acceptors (Lipinski definition) is 1. The topological polar surface area (TPSA) is 17.1 Å². The molecule has 0 spiro atoms. The fourth-order valence-electron chi connectivity index (χ4n) is 2.90. The van der Waals surface area contributed by atoms with Gasteiger partial charge in [0.05, 0.1) is 0 Å². The lowest BCUT2D eigenvalue weighted by molar-refractivity contribution is -0.119. The average Bonchev–Trinajstić information content (AvgIpc) is 2.55. The zero-order valence-corrected chi connectivity index (χ0v) is 11.1. The number of benzene rings is 1. The van der Waals surface area contributed by atoms with Crippen LogP contribution in [0.5, 0.6) is 0 Å². The molecule has 0 heterocycles. The van der Waals surface area contributed by atoms with Crippen LogP contribution in [0.2, 0.25) is 0 Å². The van der Waals surface area contributed by atoms with E-state index < -0.39 is 11.6 Å². The first-order valence-electron chi connectivity index (χ1n) is 7.10. The standard InChI is InChI=1S/C16H20F2O/c17-14-7-13(8-15(18)11-14)10-16(19)9-12-5-3-1-2-4-6-12/h7-8,11-12H,1-6,9-10H2. The Balaban J connectivity index is 1.89. The van der Waals surface area contributed by atoms with Gasteiger partial charge in [-0.05, 0) is 23.6 Å². The number of carbonyl (C=O) groups excluding carboxylic acids is 1. The largest absolute Gasteiger partial charge is 0.299 e. The van der Waals surface area contributed by atoms with Gasteiger partial charge in [0.25, 0.3) is 0 Å². The molecule has 1 saturated carbocycles. The number of Topliss-reactive ketones (excluding diaryl/α,β-unsaturated/α-hetero) is 1. The Bertz CT molecular complexity index is 414. The predicted molar refractivity (Wildman–Crippen MR) is 70.9 cm³/mol. The minimum Gasteiger partial charge on any atom is -0.299 e. The average molecular weight is 266 g/mol. The fraction of sp³-hybridized carbons (Fsp3) is 0.562. The minimum atomic E-state index is -0.614. The highest BCUT2D eigenvalue weighted by Crippen LogP contribution is 2.26. The molecule has 0 saturated heterocycles. The van der Waals surface area contributed by atoms with Crippen LogP contribution in [0.15, 0.2) is 18.2 Å². The molecule has 0 radical (unpaired) electrons. The Morgan fingerprint density at radius 2 is 1.58 bits per heavy atom. The van der Waals surface area contributed by atoms with Crippen molar-refractivity contribution in [1.82, 2.24) is 0 Å². The van der Waals surface area contributed by atoms with Gasteiger partial charge in [0.1, 0.15) is 17.4 Å². The summed E-state index contributed by atoms with van der Waals surface area (Å²) < 4.78 is 26.1. The lowest BCUT2D eigenvalue weighted by Crippen LogP contribution is -2.10. The van der Waals surface area contributed by atoms with Gasteiger partial charge in [0.2, 0.25) is 0 Å². The first kappa shape index (κ1) is 14.2. The van der Waals surface area contributed by atoms with Crippen molar-refractivity contribution in [2.45, 2.75) is 51.4 Å². The van der Waals surface area contributed by atoms with E-state index in [-0.39, 0.29) is 12.2 Å². The van der Waals surface area contributed by atoms with Crippen LogP contribution >= 0.6 is 0 Å². The molecule has 1 aliphatic rings. The van der Waals surface area contributed by atoms with Gasteiger partial charge in [-0.15, -0.1) is 0 Å². The molecule has 1 aromatic carbocycles. The molecule has 0 bridgehead atoms. The zero-order chi connectivity index (χ0) is 13.7. The van der Waals surface area contributed by atoms with E-state index in [1.54, 1.807) is 0 Å². The van der Waals surface area contributed by atoms with Gasteiger partial charge in [-0.25, -0.2) is 8.78 Å². The van der Waals surface area contributed by atoms with Gasteiger partial charge in [0, 0.05) is 18.9 Å². The highest BCUT2D eigenvalue weighted by molar-refractivity contribution is 5.81. The van der Waals surface area contributed by atoms with E-state index in [0.29, 0.717) is 17.9 Å². The van der Waals surface area contributed by atoms with Crippen molar-refractivity contribution in [2.75, 3.05) is 0 Å². The minimum absolute atomic E-state index is 0.0944. The van der Waals surface area contributed by atoms with E-state index in [4.69, 9.17) is 0 Å². The number of hydrogen-bond donors (Lipinski definition) is 0. The molecular weight excluding hydrogens is 246 g/mol. The molecular formula is C16H20F2O. The summed E-state index contributed by atoms with van der Waals surface area (Å²) in [6.45, 7) is 0. The number of ketones is 1. The zero-order valence-electron chi connectivity index (χ0n) is 11.1. The lowest BCUT2D eigenvalue weighted by atomic mass is 9.92. The molecule has 19 heavy (non-hydrogen) atoms. The van der Waals surface area contributed by atoms with Crippen LogP contribution in [0.3, 0.4) is 0 Å². The molecule has 1 aromatic rings. The highest BCUT2D eigenvalue weighted by atomic mass is 19.1. The summed E-state index contributed by atoms with van der Waals surface area (Å²) in [5.74, 6) is -0.667. The van der Waals surface area contributed by atoms with E-state index in [2.05, 4.69) is 0 Å². The summed E-state index contributed by atoms with van der Waals surface area (Å²) in [6.07, 6.45) is 7.86. The predicted octanol–water partition coefficient (Wildman–Crippen LogP) is 4.44. The van der Waals surface area contributed by atoms with Crippen LogP contribution in [0.25, 0.3) is 0 Å². The molecule has 104 valence electrons. The van der Waals surface area contributed by atoms with Crippen molar-refractivity contribution >= 4 is 5.78 Å². The molecule has 1 fully saturated rings. The Hall–Kier alpha value is -1.25. The lowest BCUT2D eigenvalue weighted by Gasteiger charge is -2.12. The third kappa shape index (κ3) is 4.73. The second-order valence-electron chi connectivity index (χ2n) is 5.55. The normalized spacial score (nSPS) is 17.2. The van der Waals surface area contributed by atoms with Crippen molar-refractivity contribution in [2.24, 2.45) is 5.92 Å². The third-order valence-corrected chi connectivity index (χ3v) is 3.81. The van der Waals surface area contributed by atoms with Gasteiger partial charge in [-0.1, -0.05) is 38.5 Å². The van der Waals surface area contributed by atoms with Crippen LogP contribution in [-0.2, 0) is 11.2 Å². The smallest absolute Gasteiger partial charge is 0.137 e. The quantitative estimate of drug-likeness (QED) is 0.736. The van der Waals surface area contributed by atoms with E-state index in [1.807, 2.05) is 0 Å². The third-order valence-electron chi connectivity index (χ3n) is 3.81. The Kier molecular flexibility index (Phi) is 5.06. The molecule has 0 unspecified atom stereocenters. The maximum atomic E-state index is 13.0. The molecule has 0 N–H and O–H groups in total. The molecule has 0 amide bonds. The molecule has 1 aliphatic carbocycles. The number of rotatable bonds is 4. The molecule has 0 aromatic heterocycles. The van der Waals surface area contributed by atoms with Gasteiger partial charge in [0.15, 0.2) is 0 Å². The van der Waals surface area contributed by atoms with Crippen molar-refractivity contribution in [3.05, 3.63) is 35.4 Å². The van der Waals surface area contributed by atoms with Crippen LogP contribution in [0.4, 0.5) is 8.78 Å². The van der Waals surface area contributed by atoms with Gasteiger partial charge < -0.3 is 0 Å². The second kappa shape index (κ2) is 6.78. The van der Waals surface area contributed by atoms with Crippen molar-refractivity contribution in [1.29, 1.82) is 0 Å². The summed E-state index contributed by atoms with van der Waals surface area (Å²) in [7, 11) is 0. The van der Waals surface area contributed by atoms with Crippen LogP contribution < -0.4 is 0 Å². The van der Waals surface area contributed by atoms with Crippen molar-refractivity contribution in [3.8, 4) is 0 Å². The molecule has 1 nitrogen and oxygen atoms in total. The summed E-state index contributed by atoms with van der Waals surface area (Å²) in [6, 6.07) is 3.32. The molecule has 0 aliphatic heterocycles. The maximum Gasteiger partial charge on any atom is 0.137 e. The van der Waals surface area contributed by atoms with E-state index in [1.165, 1.54) is 37.8 Å². The summed E-state index contributed by atoms with van der Waals surface area (Å²) in [5, 5.41) is 0. The first-order valence-corrected chi connectivity index (χ1v) is 7.10. The molecule has 0 atom stereocenters. The molecule has 2 rings (SSSR count). The summed E-state index contributed by atoms with van der Waals surface area (Å²) >= 11 is 0. The van der Waals surface area contributed by atoms with Crippen molar-refractivity contribution < 1.29 is 13.6 Å². The Morgan fingerprint density at radius 3 is 2.16 bits per heavy atom. The van der Waals surface area contributed by atoms with Crippen molar-refractivity contribution in [3.63, 3.8) is 0 Å². The maximum absolute atomic E-state index is 13.0. The van der Waals surface area contributed by atoms with Crippen LogP contribution in [0, 0.1) is 17.6 Å². The molecule has 3 heteroatoms. The fourth-order valence-corrected chi connectivity index (χ4v) is 2.90. The Morgan fingerprint density at radius 1 is 1.00 bits per heavy atom. The summed E-state index contributed by atoms with van der Waals surface area (Å²) in [5.41, 5.74) is 0.441. The summed E-state index contributed by atoms with van der Waals surface area (Å²) in [4.78, 5) is 12.0. The van der Waals surface area contributed by atoms with E-state index in [0.717, 1.165) is 18.9 Å². The second-order valence-corrected chi connectivity index (χ2v) is 5.55. The monoisotopic (exact) mass is 266 g/mol. The number of halogens is 2. The van der Waals surface area contributed by atoms with Gasteiger partial charge in [-0.2, -0.15) is 0 Å². The van der Waals surface area contributed by atoms with Crippen LogP contribution in [-0.4, -0.2) is 5.78 Å². The van der Waals surface area contributed by atoms with Crippen LogP contribution in [0.1, 0.15) is 50.5 Å². The number of carbonyl (C=O) groups is 1. The highest BCUT2D eigenvalue weighted by Gasteiger charge is 2.16. The van der Waals surface area contributed by atoms with Gasteiger partial charge in [-0.3, -0.25) is 4.79 Å².